The van der Waals surface area contributed by atoms with Crippen LogP contribution in [0.4, 0.5) is 0 Å². The predicted molar refractivity (Wildman–Crippen MR) is 134 cm³/mol. The number of nitrogens with zero attached hydrogens (tertiary/aromatic N) is 1. The van der Waals surface area contributed by atoms with E-state index >= 15 is 0 Å². The molecule has 1 rings (SSSR count). The van der Waals surface area contributed by atoms with Gasteiger partial charge in [0.2, 0.25) is 0 Å². The van der Waals surface area contributed by atoms with Crippen LogP contribution in [-0.4, -0.2) is 24.5 Å². The van der Waals surface area contributed by atoms with Crippen LogP contribution < -0.4 is 0 Å². The van der Waals surface area contributed by atoms with Gasteiger partial charge in [-0.1, -0.05) is 99.8 Å². The Morgan fingerprint density at radius 3 is 1.33 bits per heavy atom. The normalized spacial score (nSPS) is 12.6. The molecule has 1 nitrogen and oxygen atoms in total. The van der Waals surface area contributed by atoms with Crippen LogP contribution in [0, 0.1) is 5.41 Å². The number of hydrogen-bond donors (Lipinski definition) is 0. The first-order valence-electron chi connectivity index (χ1n) is 11.5. The molecule has 0 saturated heterocycles. The Kier molecular flexibility index (Phi) is 49.5. The van der Waals surface area contributed by atoms with Crippen LogP contribution in [-0.2, 0) is 0 Å². The summed E-state index contributed by atoms with van der Waals surface area (Å²) in [5.74, 6) is 0. The van der Waals surface area contributed by atoms with Gasteiger partial charge in [-0.3, -0.25) is 4.90 Å². The van der Waals surface area contributed by atoms with Gasteiger partial charge in [0.1, 0.15) is 0 Å². The first-order valence-corrected chi connectivity index (χ1v) is 11.5. The highest BCUT2D eigenvalue weighted by Crippen LogP contribution is 2.36. The van der Waals surface area contributed by atoms with Gasteiger partial charge in [0.15, 0.2) is 0 Å². The maximum atomic E-state index is 3.71. The van der Waals surface area contributed by atoms with Crippen LogP contribution in [0.1, 0.15) is 108 Å². The van der Waals surface area contributed by atoms with E-state index in [0.717, 1.165) is 19.6 Å². The molecule has 0 aliphatic heterocycles. The van der Waals surface area contributed by atoms with Crippen molar-refractivity contribution in [2.24, 2.45) is 5.41 Å². The fraction of sp³-hybridized carbons (Fsp3) is 0.769. The molecule has 0 aromatic rings. The van der Waals surface area contributed by atoms with E-state index < -0.39 is 0 Å². The largest absolute Gasteiger partial charge is 0.296 e. The molecule has 0 amide bonds. The number of hydrogen-bond acceptors (Lipinski definition) is 1. The fourth-order valence-electron chi connectivity index (χ4n) is 2.34. The Hall–Kier alpha value is -0.820. The van der Waals surface area contributed by atoms with Crippen LogP contribution in [0.15, 0.2) is 38.0 Å². The predicted octanol–water partition coefficient (Wildman–Crippen LogP) is 9.32. The minimum Gasteiger partial charge on any atom is -0.296 e. The molecule has 0 aromatic carbocycles. The van der Waals surface area contributed by atoms with Crippen LogP contribution >= 0.6 is 0 Å². The molecule has 27 heavy (non-hydrogen) atoms. The second-order valence-corrected chi connectivity index (χ2v) is 6.47. The highest BCUT2D eigenvalue weighted by atomic mass is 15.1. The number of unbranched alkanes of at least 4 members (excludes halogenated alkanes) is 1. The lowest BCUT2D eigenvalue weighted by Crippen LogP contribution is -2.24. The zero-order chi connectivity index (χ0) is 22.6. The standard InChI is InChI=1S/C10H19N.C7H14.C3H6.3C2H6/c1-4-7-10-11(8-5-2)9-6-3;1-7(2)5-3-4-6-7;1-3-2;3*1-2/h5-6H,2-4,7-10H2,1H3;3-6H2,1-2H3;3H,1H2,2H3;3*1-2H3. The van der Waals surface area contributed by atoms with Gasteiger partial charge in [-0.25, -0.2) is 0 Å². The van der Waals surface area contributed by atoms with Crippen LogP contribution in [0.5, 0.6) is 0 Å². The second kappa shape index (κ2) is 36.2. The molecule has 1 fully saturated rings. The Morgan fingerprint density at radius 1 is 0.815 bits per heavy atom. The third-order valence-electron chi connectivity index (χ3n) is 3.56. The molecule has 0 unspecified atom stereocenters. The number of rotatable bonds is 7. The maximum Gasteiger partial charge on any atom is 0.0163 e. The van der Waals surface area contributed by atoms with Gasteiger partial charge in [-0.15, -0.1) is 19.7 Å². The number of allylic oxidation sites excluding steroid dienone is 1. The van der Waals surface area contributed by atoms with E-state index in [1.165, 1.54) is 38.5 Å². The quantitative estimate of drug-likeness (QED) is 0.396. The Labute approximate surface area is 176 Å². The van der Waals surface area contributed by atoms with E-state index in [9.17, 15) is 0 Å². The molecule has 0 bridgehead atoms. The van der Waals surface area contributed by atoms with Crippen molar-refractivity contribution in [1.29, 1.82) is 0 Å². The molecule has 1 saturated carbocycles. The highest BCUT2D eigenvalue weighted by Gasteiger charge is 2.21. The molecule has 0 aromatic heterocycles. The van der Waals surface area contributed by atoms with Crippen molar-refractivity contribution in [2.45, 2.75) is 108 Å². The summed E-state index contributed by atoms with van der Waals surface area (Å²) in [6, 6.07) is 0. The fourth-order valence-corrected chi connectivity index (χ4v) is 2.34. The van der Waals surface area contributed by atoms with Crippen LogP contribution in [0.3, 0.4) is 0 Å². The van der Waals surface area contributed by atoms with Gasteiger partial charge in [0.05, 0.1) is 0 Å². The molecule has 0 N–H and O–H groups in total. The van der Waals surface area contributed by atoms with Crippen molar-refractivity contribution >= 4 is 0 Å². The third kappa shape index (κ3) is 40.9. The summed E-state index contributed by atoms with van der Waals surface area (Å²) in [6.45, 7) is 34.7. The van der Waals surface area contributed by atoms with Crippen molar-refractivity contribution in [3.05, 3.63) is 38.0 Å². The van der Waals surface area contributed by atoms with Gasteiger partial charge < -0.3 is 0 Å². The minimum absolute atomic E-state index is 0.694. The second-order valence-electron chi connectivity index (χ2n) is 6.47. The van der Waals surface area contributed by atoms with Crippen molar-refractivity contribution < 1.29 is 0 Å². The van der Waals surface area contributed by atoms with Gasteiger partial charge in [-0.2, -0.15) is 0 Å². The molecule has 0 spiro atoms. The molecule has 166 valence electrons. The average molecular weight is 384 g/mol. The van der Waals surface area contributed by atoms with Crippen molar-refractivity contribution in [3.8, 4) is 0 Å². The van der Waals surface area contributed by atoms with E-state index in [1.54, 1.807) is 6.08 Å². The molecule has 0 atom stereocenters. The molecular weight excluding hydrogens is 326 g/mol. The Morgan fingerprint density at radius 2 is 1.15 bits per heavy atom. The first-order chi connectivity index (χ1) is 13.0. The molecule has 1 aliphatic rings. The van der Waals surface area contributed by atoms with E-state index in [4.69, 9.17) is 0 Å². The Bertz CT molecular complexity index is 235. The summed E-state index contributed by atoms with van der Waals surface area (Å²) < 4.78 is 0. The molecule has 0 heterocycles. The van der Waals surface area contributed by atoms with Crippen LogP contribution in [0.2, 0.25) is 0 Å². The SMILES string of the molecule is C=CC.C=CCN(CC=C)CCCC.CC.CC.CC.CC1(C)CCCC1. The smallest absolute Gasteiger partial charge is 0.0163 e. The van der Waals surface area contributed by atoms with Crippen molar-refractivity contribution in [1.82, 2.24) is 4.90 Å². The zero-order valence-corrected chi connectivity index (χ0v) is 21.2. The summed E-state index contributed by atoms with van der Waals surface area (Å²) in [6.07, 6.45) is 14.0. The lowest BCUT2D eigenvalue weighted by molar-refractivity contribution is 0.329. The monoisotopic (exact) mass is 383 g/mol. The maximum absolute atomic E-state index is 3.71. The minimum atomic E-state index is 0.694. The highest BCUT2D eigenvalue weighted by molar-refractivity contribution is 4.79. The summed E-state index contributed by atoms with van der Waals surface area (Å²) in [7, 11) is 0. The average Bonchev–Trinajstić information content (AvgIpc) is 3.10. The Balaban J connectivity index is -0.0000000864. The van der Waals surface area contributed by atoms with Gasteiger partial charge >= 0.3 is 0 Å². The van der Waals surface area contributed by atoms with E-state index in [2.05, 4.69) is 45.4 Å². The molecular formula is C26H57N. The summed E-state index contributed by atoms with van der Waals surface area (Å²) in [5.41, 5.74) is 0.694. The van der Waals surface area contributed by atoms with E-state index in [0.29, 0.717) is 5.41 Å². The molecule has 0 radical (unpaired) electrons. The zero-order valence-electron chi connectivity index (χ0n) is 21.2. The van der Waals surface area contributed by atoms with Gasteiger partial charge in [0, 0.05) is 13.1 Å². The van der Waals surface area contributed by atoms with E-state index in [-0.39, 0.29) is 0 Å². The third-order valence-corrected chi connectivity index (χ3v) is 3.56. The summed E-state index contributed by atoms with van der Waals surface area (Å²) in [5, 5.41) is 0. The molecule has 1 heteroatoms. The van der Waals surface area contributed by atoms with Crippen LogP contribution in [0.25, 0.3) is 0 Å². The lowest BCUT2D eigenvalue weighted by atomic mass is 9.92. The summed E-state index contributed by atoms with van der Waals surface area (Å²) in [4.78, 5) is 2.34. The van der Waals surface area contributed by atoms with Crippen molar-refractivity contribution in [3.63, 3.8) is 0 Å². The lowest BCUT2D eigenvalue weighted by Gasteiger charge is -2.17. The topological polar surface area (TPSA) is 3.24 Å². The first kappa shape index (κ1) is 37.0. The molecule has 1 aliphatic carbocycles. The summed E-state index contributed by atoms with van der Waals surface area (Å²) >= 11 is 0. The van der Waals surface area contributed by atoms with Gasteiger partial charge in [-0.05, 0) is 38.1 Å². The van der Waals surface area contributed by atoms with Gasteiger partial charge in [0.25, 0.3) is 0 Å². The van der Waals surface area contributed by atoms with E-state index in [1.807, 2.05) is 60.6 Å². The van der Waals surface area contributed by atoms with Crippen molar-refractivity contribution in [2.75, 3.05) is 19.6 Å².